The first-order valence-electron chi connectivity index (χ1n) is 6.24. The Labute approximate surface area is 135 Å². The molecule has 20 heavy (non-hydrogen) atoms. The van der Waals surface area contributed by atoms with Crippen LogP contribution in [0.25, 0.3) is 0 Å². The Morgan fingerprint density at radius 1 is 1.35 bits per heavy atom. The Hall–Kier alpha value is -0.840. The monoisotopic (exact) mass is 369 g/mol. The molecule has 1 aliphatic rings. The molecule has 1 unspecified atom stereocenters. The molecule has 0 saturated heterocycles. The quantitative estimate of drug-likeness (QED) is 0.731. The van der Waals surface area contributed by atoms with E-state index in [0.29, 0.717) is 0 Å². The minimum Gasteiger partial charge on any atom is -0.325 e. The molecular weight excluding hydrogens is 358 g/mol. The lowest BCUT2D eigenvalue weighted by Gasteiger charge is -2.17. The number of benzene rings is 1. The summed E-state index contributed by atoms with van der Waals surface area (Å²) < 4.78 is 0. The van der Waals surface area contributed by atoms with Gasteiger partial charge < -0.3 is 5.32 Å². The first-order chi connectivity index (χ1) is 9.41. The van der Waals surface area contributed by atoms with Crippen molar-refractivity contribution in [1.29, 1.82) is 0 Å². The maximum Gasteiger partial charge on any atom is 0.234 e. The van der Waals surface area contributed by atoms with Crippen molar-refractivity contribution in [2.45, 2.75) is 24.1 Å². The second-order valence-corrected chi connectivity index (χ2v) is 7.65. The fourth-order valence-corrected chi connectivity index (χ4v) is 4.54. The molecule has 1 atom stereocenters. The minimum atomic E-state index is -0.489. The maximum atomic E-state index is 12.0. The van der Waals surface area contributed by atoms with Gasteiger partial charge in [-0.3, -0.25) is 4.79 Å². The lowest BCUT2D eigenvalue weighted by atomic mass is 9.85. The van der Waals surface area contributed by atoms with E-state index in [4.69, 9.17) is 11.6 Å². The van der Waals surface area contributed by atoms with Crippen molar-refractivity contribution >= 4 is 50.5 Å². The van der Waals surface area contributed by atoms with Crippen LogP contribution >= 0.6 is 38.9 Å². The third-order valence-corrected chi connectivity index (χ3v) is 6.41. The zero-order valence-corrected chi connectivity index (χ0v) is 14.2. The Morgan fingerprint density at radius 3 is 2.75 bits per heavy atom. The van der Waals surface area contributed by atoms with Gasteiger partial charge in [-0.25, -0.2) is 0 Å². The van der Waals surface area contributed by atoms with E-state index in [-0.39, 0.29) is 10.7 Å². The molecule has 0 radical (unpaired) electrons. The van der Waals surface area contributed by atoms with Gasteiger partial charge in [0.1, 0.15) is 0 Å². The Balaban J connectivity index is 2.04. The highest BCUT2D eigenvalue weighted by Gasteiger charge is 2.38. The predicted octanol–water partition coefficient (Wildman–Crippen LogP) is 5.12. The normalized spacial score (nSPS) is 17.7. The van der Waals surface area contributed by atoms with Crippen molar-refractivity contribution in [3.8, 4) is 0 Å². The Morgan fingerprint density at radius 2 is 2.10 bits per heavy atom. The van der Waals surface area contributed by atoms with E-state index in [2.05, 4.69) is 27.3 Å². The molecule has 2 nitrogen and oxygen atoms in total. The zero-order chi connectivity index (χ0) is 14.5. The molecule has 5 heteroatoms. The standard InChI is InChI=1S/C15H13BrClNOS/c1-15(2)9-7-8(3-4-11(9)18-14(15)19)12(16)13-10(17)5-6-20-13/h3-7,12H,1-2H3,(H,18,19). The van der Waals surface area contributed by atoms with Crippen LogP contribution in [0.3, 0.4) is 0 Å². The van der Waals surface area contributed by atoms with Crippen LogP contribution in [-0.4, -0.2) is 5.91 Å². The number of hydrogen-bond acceptors (Lipinski definition) is 2. The van der Waals surface area contributed by atoms with Crippen LogP contribution < -0.4 is 5.32 Å². The molecule has 2 aromatic rings. The number of thiophene rings is 1. The number of halogens is 2. The number of hydrogen-bond donors (Lipinski definition) is 1. The van der Waals surface area contributed by atoms with Crippen molar-refractivity contribution < 1.29 is 4.79 Å². The van der Waals surface area contributed by atoms with E-state index >= 15 is 0 Å². The van der Waals surface area contributed by atoms with E-state index in [0.717, 1.165) is 26.7 Å². The fraction of sp³-hybridized carbons (Fsp3) is 0.267. The van der Waals surface area contributed by atoms with E-state index in [1.807, 2.05) is 37.4 Å². The van der Waals surface area contributed by atoms with Gasteiger partial charge in [0.2, 0.25) is 5.91 Å². The molecule has 0 bridgehead atoms. The van der Waals surface area contributed by atoms with Gasteiger partial charge >= 0.3 is 0 Å². The molecule has 0 aliphatic carbocycles. The molecule has 104 valence electrons. The summed E-state index contributed by atoms with van der Waals surface area (Å²) >= 11 is 11.5. The second kappa shape index (κ2) is 4.86. The summed E-state index contributed by atoms with van der Waals surface area (Å²) in [5.41, 5.74) is 2.56. The van der Waals surface area contributed by atoms with Crippen molar-refractivity contribution in [2.75, 3.05) is 5.32 Å². The van der Waals surface area contributed by atoms with Gasteiger partial charge in [0.15, 0.2) is 0 Å². The van der Waals surface area contributed by atoms with E-state index in [9.17, 15) is 4.79 Å². The van der Waals surface area contributed by atoms with Gasteiger partial charge in [-0.05, 0) is 42.5 Å². The van der Waals surface area contributed by atoms with Crippen LogP contribution in [0.4, 0.5) is 5.69 Å². The number of anilines is 1. The molecule has 1 aliphatic heterocycles. The highest BCUT2D eigenvalue weighted by molar-refractivity contribution is 9.09. The molecular formula is C15H13BrClNOS. The molecule has 3 rings (SSSR count). The lowest BCUT2D eigenvalue weighted by Crippen LogP contribution is -2.26. The summed E-state index contributed by atoms with van der Waals surface area (Å²) in [6, 6.07) is 7.98. The predicted molar refractivity (Wildman–Crippen MR) is 88.2 cm³/mol. The van der Waals surface area contributed by atoms with E-state index in [1.54, 1.807) is 11.3 Å². The number of carbonyl (C=O) groups excluding carboxylic acids is 1. The number of rotatable bonds is 2. The number of alkyl halides is 1. The Bertz CT molecular complexity index is 695. The van der Waals surface area contributed by atoms with Crippen molar-refractivity contribution in [1.82, 2.24) is 0 Å². The number of fused-ring (bicyclic) bond motifs is 1. The van der Waals surface area contributed by atoms with Gasteiger partial charge in [0.05, 0.1) is 15.3 Å². The Kier molecular flexibility index (Phi) is 3.43. The number of nitrogens with one attached hydrogen (secondary N) is 1. The smallest absolute Gasteiger partial charge is 0.234 e. The molecule has 0 spiro atoms. The van der Waals surface area contributed by atoms with Gasteiger partial charge in [0.25, 0.3) is 0 Å². The summed E-state index contributed by atoms with van der Waals surface area (Å²) in [5.74, 6) is 0.0462. The third-order valence-electron chi connectivity index (χ3n) is 3.70. The molecule has 0 saturated carbocycles. The van der Waals surface area contributed by atoms with Crippen LogP contribution in [0.5, 0.6) is 0 Å². The second-order valence-electron chi connectivity index (χ2n) is 5.38. The van der Waals surface area contributed by atoms with Crippen LogP contribution in [0.2, 0.25) is 5.02 Å². The first-order valence-corrected chi connectivity index (χ1v) is 8.41. The molecule has 1 aromatic carbocycles. The maximum absolute atomic E-state index is 12.0. The van der Waals surface area contributed by atoms with Crippen molar-refractivity contribution in [2.24, 2.45) is 0 Å². The number of amides is 1. The SMILES string of the molecule is CC1(C)C(=O)Nc2ccc(C(Br)c3sccc3Cl)cc21. The average Bonchev–Trinajstić information content (AvgIpc) is 2.92. The van der Waals surface area contributed by atoms with Gasteiger partial charge in [-0.15, -0.1) is 11.3 Å². The molecule has 2 heterocycles. The fourth-order valence-electron chi connectivity index (χ4n) is 2.38. The van der Waals surface area contributed by atoms with Gasteiger partial charge in [-0.1, -0.05) is 39.7 Å². The van der Waals surface area contributed by atoms with E-state index in [1.165, 1.54) is 0 Å². The molecule has 1 N–H and O–H groups in total. The topological polar surface area (TPSA) is 29.1 Å². The van der Waals surface area contributed by atoms with Crippen LogP contribution in [-0.2, 0) is 10.2 Å². The summed E-state index contributed by atoms with van der Waals surface area (Å²) in [6.45, 7) is 3.89. The minimum absolute atomic E-state index is 0.0462. The lowest BCUT2D eigenvalue weighted by molar-refractivity contribution is -0.119. The largest absolute Gasteiger partial charge is 0.325 e. The first kappa shape index (κ1) is 14.1. The summed E-state index contributed by atoms with van der Waals surface area (Å²) in [5, 5.41) is 5.67. The van der Waals surface area contributed by atoms with Crippen molar-refractivity contribution in [3.63, 3.8) is 0 Å². The van der Waals surface area contributed by atoms with Crippen LogP contribution in [0, 0.1) is 0 Å². The van der Waals surface area contributed by atoms with Crippen molar-refractivity contribution in [3.05, 3.63) is 50.7 Å². The summed E-state index contributed by atoms with van der Waals surface area (Å²) in [7, 11) is 0. The molecule has 1 amide bonds. The highest BCUT2D eigenvalue weighted by atomic mass is 79.9. The third kappa shape index (κ3) is 2.10. The number of carbonyl (C=O) groups is 1. The van der Waals surface area contributed by atoms with Crippen LogP contribution in [0.15, 0.2) is 29.6 Å². The summed E-state index contributed by atoms with van der Waals surface area (Å²) in [6.07, 6.45) is 0. The van der Waals surface area contributed by atoms with Crippen LogP contribution in [0.1, 0.15) is 34.7 Å². The van der Waals surface area contributed by atoms with Gasteiger partial charge in [-0.2, -0.15) is 0 Å². The highest BCUT2D eigenvalue weighted by Crippen LogP contribution is 2.43. The average molecular weight is 371 g/mol. The molecule has 1 aromatic heterocycles. The zero-order valence-electron chi connectivity index (χ0n) is 11.0. The van der Waals surface area contributed by atoms with E-state index < -0.39 is 5.41 Å². The summed E-state index contributed by atoms with van der Waals surface area (Å²) in [4.78, 5) is 13.1. The van der Waals surface area contributed by atoms with Gasteiger partial charge in [0, 0.05) is 10.6 Å². The molecule has 0 fully saturated rings.